The highest BCUT2D eigenvalue weighted by atomic mass is 16.1. The summed E-state index contributed by atoms with van der Waals surface area (Å²) in [6, 6.07) is 16.0. The van der Waals surface area contributed by atoms with Crippen LogP contribution in [0.5, 0.6) is 0 Å². The zero-order chi connectivity index (χ0) is 16.8. The number of hydrogen-bond donors (Lipinski definition) is 1. The first-order valence-electron chi connectivity index (χ1n) is 8.72. The van der Waals surface area contributed by atoms with E-state index in [-0.39, 0.29) is 17.9 Å². The molecule has 1 unspecified atom stereocenters. The van der Waals surface area contributed by atoms with Crippen molar-refractivity contribution in [2.45, 2.75) is 31.7 Å². The average molecular weight is 323 g/mol. The Balaban J connectivity index is 1.72. The number of amides is 1. The van der Waals surface area contributed by atoms with Crippen molar-refractivity contribution in [1.29, 1.82) is 0 Å². The zero-order valence-electron chi connectivity index (χ0n) is 14.2. The molecule has 126 valence electrons. The predicted octanol–water partition coefficient (Wildman–Crippen LogP) is 3.14. The number of hydrogen-bond acceptors (Lipinski definition) is 3. The standard InChI is InChI=1S/C20H25N3O/c1-16(18-11-5-6-12-21-18)20(24)22-19(15-23-13-7-8-14-23)17-9-3-2-4-10-17/h2-6,9-12,16,19H,7-8,13-15H2,1H3,(H,22,24)/t16?,19-/m1/s1. The third kappa shape index (κ3) is 4.20. The molecule has 1 aromatic heterocycles. The molecule has 1 aliphatic heterocycles. The molecule has 1 amide bonds. The fraction of sp³-hybridized carbons (Fsp3) is 0.400. The lowest BCUT2D eigenvalue weighted by Gasteiger charge is -2.26. The topological polar surface area (TPSA) is 45.2 Å². The molecule has 3 rings (SSSR count). The molecule has 4 heteroatoms. The van der Waals surface area contributed by atoms with Gasteiger partial charge in [0.1, 0.15) is 0 Å². The molecule has 2 heterocycles. The van der Waals surface area contributed by atoms with Gasteiger partial charge in [-0.3, -0.25) is 9.78 Å². The van der Waals surface area contributed by atoms with Crippen LogP contribution in [0.15, 0.2) is 54.7 Å². The van der Waals surface area contributed by atoms with Crippen LogP contribution in [0, 0.1) is 0 Å². The molecule has 0 aliphatic carbocycles. The number of nitrogens with one attached hydrogen (secondary N) is 1. The zero-order valence-corrected chi connectivity index (χ0v) is 14.2. The van der Waals surface area contributed by atoms with Crippen molar-refractivity contribution in [3.63, 3.8) is 0 Å². The van der Waals surface area contributed by atoms with Crippen molar-refractivity contribution in [3.8, 4) is 0 Å². The van der Waals surface area contributed by atoms with Crippen LogP contribution in [-0.4, -0.2) is 35.4 Å². The molecule has 1 N–H and O–H groups in total. The summed E-state index contributed by atoms with van der Waals surface area (Å²) in [6.07, 6.45) is 4.23. The van der Waals surface area contributed by atoms with E-state index in [0.717, 1.165) is 30.9 Å². The second-order valence-corrected chi connectivity index (χ2v) is 6.46. The molecule has 24 heavy (non-hydrogen) atoms. The van der Waals surface area contributed by atoms with Gasteiger partial charge in [0.05, 0.1) is 17.7 Å². The fourth-order valence-corrected chi connectivity index (χ4v) is 3.21. The summed E-state index contributed by atoms with van der Waals surface area (Å²) in [5.41, 5.74) is 1.97. The molecule has 1 fully saturated rings. The molecular weight excluding hydrogens is 298 g/mol. The largest absolute Gasteiger partial charge is 0.347 e. The Labute approximate surface area is 143 Å². The first kappa shape index (κ1) is 16.7. The summed E-state index contributed by atoms with van der Waals surface area (Å²) in [6.45, 7) is 5.02. The molecular formula is C20H25N3O. The van der Waals surface area contributed by atoms with E-state index in [2.05, 4.69) is 27.3 Å². The number of carbonyl (C=O) groups excluding carboxylic acids is 1. The fourth-order valence-electron chi connectivity index (χ4n) is 3.21. The van der Waals surface area contributed by atoms with Gasteiger partial charge in [0.2, 0.25) is 5.91 Å². The summed E-state index contributed by atoms with van der Waals surface area (Å²) >= 11 is 0. The van der Waals surface area contributed by atoms with Crippen LogP contribution in [0.4, 0.5) is 0 Å². The SMILES string of the molecule is CC(C(=O)N[C@H](CN1CCCC1)c1ccccc1)c1ccccn1. The number of likely N-dealkylation sites (tertiary alicyclic amines) is 1. The monoisotopic (exact) mass is 323 g/mol. The van der Waals surface area contributed by atoms with Gasteiger partial charge in [-0.05, 0) is 50.6 Å². The summed E-state index contributed by atoms with van der Waals surface area (Å²) < 4.78 is 0. The Morgan fingerprint density at radius 1 is 1.12 bits per heavy atom. The first-order valence-corrected chi connectivity index (χ1v) is 8.72. The summed E-state index contributed by atoms with van der Waals surface area (Å²) in [5, 5.41) is 3.24. The molecule has 1 aliphatic rings. The van der Waals surface area contributed by atoms with E-state index in [1.807, 2.05) is 43.3 Å². The van der Waals surface area contributed by atoms with Crippen LogP contribution in [0.2, 0.25) is 0 Å². The molecule has 1 saturated heterocycles. The molecule has 2 aromatic rings. The third-order valence-electron chi connectivity index (χ3n) is 4.68. The molecule has 4 nitrogen and oxygen atoms in total. The van der Waals surface area contributed by atoms with Crippen molar-refractivity contribution in [1.82, 2.24) is 15.2 Å². The van der Waals surface area contributed by atoms with Gasteiger partial charge in [0.15, 0.2) is 0 Å². The van der Waals surface area contributed by atoms with E-state index in [9.17, 15) is 4.79 Å². The minimum Gasteiger partial charge on any atom is -0.347 e. The Morgan fingerprint density at radius 2 is 1.83 bits per heavy atom. The van der Waals surface area contributed by atoms with Crippen LogP contribution in [0.3, 0.4) is 0 Å². The quantitative estimate of drug-likeness (QED) is 0.888. The predicted molar refractivity (Wildman–Crippen MR) is 95.7 cm³/mol. The highest BCUT2D eigenvalue weighted by Crippen LogP contribution is 2.20. The van der Waals surface area contributed by atoms with Crippen LogP contribution >= 0.6 is 0 Å². The van der Waals surface area contributed by atoms with Gasteiger partial charge in [0.25, 0.3) is 0 Å². The van der Waals surface area contributed by atoms with Crippen molar-refractivity contribution in [3.05, 3.63) is 66.0 Å². The van der Waals surface area contributed by atoms with Gasteiger partial charge in [0, 0.05) is 12.7 Å². The number of carbonyl (C=O) groups is 1. The molecule has 1 aromatic carbocycles. The van der Waals surface area contributed by atoms with Crippen LogP contribution < -0.4 is 5.32 Å². The minimum atomic E-state index is -0.254. The molecule has 0 radical (unpaired) electrons. The van der Waals surface area contributed by atoms with Gasteiger partial charge in [-0.2, -0.15) is 0 Å². The van der Waals surface area contributed by atoms with Crippen molar-refractivity contribution < 1.29 is 4.79 Å². The lowest BCUT2D eigenvalue weighted by atomic mass is 10.0. The van der Waals surface area contributed by atoms with Crippen molar-refractivity contribution in [2.75, 3.05) is 19.6 Å². The summed E-state index contributed by atoms with van der Waals surface area (Å²) in [5.74, 6) is -0.224. The van der Waals surface area contributed by atoms with E-state index in [1.54, 1.807) is 6.20 Å². The second-order valence-electron chi connectivity index (χ2n) is 6.46. The third-order valence-corrected chi connectivity index (χ3v) is 4.68. The molecule has 2 atom stereocenters. The number of rotatable bonds is 6. The Bertz CT molecular complexity index is 638. The van der Waals surface area contributed by atoms with Crippen molar-refractivity contribution >= 4 is 5.91 Å². The first-order chi connectivity index (χ1) is 11.7. The molecule has 0 spiro atoms. The molecule has 0 bridgehead atoms. The lowest BCUT2D eigenvalue weighted by molar-refractivity contribution is -0.123. The average Bonchev–Trinajstić information content (AvgIpc) is 3.15. The maximum absolute atomic E-state index is 12.7. The maximum atomic E-state index is 12.7. The van der Waals surface area contributed by atoms with Gasteiger partial charge < -0.3 is 10.2 Å². The summed E-state index contributed by atoms with van der Waals surface area (Å²) in [4.78, 5) is 19.5. The van der Waals surface area contributed by atoms with Gasteiger partial charge in [-0.1, -0.05) is 36.4 Å². The Hall–Kier alpha value is -2.20. The number of nitrogens with zero attached hydrogens (tertiary/aromatic N) is 2. The number of benzene rings is 1. The number of aromatic nitrogens is 1. The van der Waals surface area contributed by atoms with E-state index < -0.39 is 0 Å². The van der Waals surface area contributed by atoms with Gasteiger partial charge in [-0.25, -0.2) is 0 Å². The van der Waals surface area contributed by atoms with E-state index in [1.165, 1.54) is 12.8 Å². The number of pyridine rings is 1. The normalized spacial score (nSPS) is 17.4. The van der Waals surface area contributed by atoms with E-state index >= 15 is 0 Å². The Morgan fingerprint density at radius 3 is 2.50 bits per heavy atom. The Kier molecular flexibility index (Phi) is 5.59. The lowest BCUT2D eigenvalue weighted by Crippen LogP contribution is -2.38. The highest BCUT2D eigenvalue weighted by Gasteiger charge is 2.23. The van der Waals surface area contributed by atoms with E-state index in [4.69, 9.17) is 0 Å². The van der Waals surface area contributed by atoms with Crippen LogP contribution in [0.25, 0.3) is 0 Å². The smallest absolute Gasteiger partial charge is 0.229 e. The van der Waals surface area contributed by atoms with Gasteiger partial charge >= 0.3 is 0 Å². The minimum absolute atomic E-state index is 0.0166. The van der Waals surface area contributed by atoms with Crippen LogP contribution in [0.1, 0.15) is 43.0 Å². The van der Waals surface area contributed by atoms with E-state index in [0.29, 0.717) is 0 Å². The second kappa shape index (κ2) is 8.06. The molecule has 0 saturated carbocycles. The maximum Gasteiger partial charge on any atom is 0.229 e. The highest BCUT2D eigenvalue weighted by molar-refractivity contribution is 5.83. The summed E-state index contributed by atoms with van der Waals surface area (Å²) in [7, 11) is 0. The van der Waals surface area contributed by atoms with Crippen molar-refractivity contribution in [2.24, 2.45) is 0 Å². The van der Waals surface area contributed by atoms with Gasteiger partial charge in [-0.15, -0.1) is 0 Å². The van der Waals surface area contributed by atoms with Crippen LogP contribution in [-0.2, 0) is 4.79 Å².